The summed E-state index contributed by atoms with van der Waals surface area (Å²) in [7, 11) is -3.85. The Labute approximate surface area is 161 Å². The van der Waals surface area contributed by atoms with E-state index in [1.807, 2.05) is 6.92 Å². The van der Waals surface area contributed by atoms with E-state index < -0.39 is 15.9 Å². The highest BCUT2D eigenvalue weighted by Gasteiger charge is 2.14. The predicted octanol–water partition coefficient (Wildman–Crippen LogP) is -0.0241. The summed E-state index contributed by atoms with van der Waals surface area (Å²) in [6.07, 6.45) is 3.08. The van der Waals surface area contributed by atoms with Crippen LogP contribution in [0.4, 0.5) is 0 Å². The van der Waals surface area contributed by atoms with E-state index in [1.54, 1.807) is 24.3 Å². The van der Waals surface area contributed by atoms with Gasteiger partial charge in [0.15, 0.2) is 0 Å². The number of amides is 1. The minimum Gasteiger partial charge on any atom is -0.487 e. The number of carbonyl (C=O) groups is 1. The van der Waals surface area contributed by atoms with E-state index in [-0.39, 0.29) is 23.2 Å². The lowest BCUT2D eigenvalue weighted by molar-refractivity contribution is -0.118. The Bertz CT molecular complexity index is 939. The van der Waals surface area contributed by atoms with Crippen LogP contribution in [0.25, 0.3) is 10.2 Å². The van der Waals surface area contributed by atoms with Gasteiger partial charge in [-0.05, 0) is 25.1 Å². The molecule has 27 heavy (non-hydrogen) atoms. The van der Waals surface area contributed by atoms with Crippen molar-refractivity contribution >= 4 is 37.5 Å². The SMILES string of the molecule is C=CC.NC(=O)CN(N)/C=C(\N)COc1ccc2nc(S(N)(=O)=O)sc2c1. The van der Waals surface area contributed by atoms with E-state index in [0.717, 1.165) is 16.3 Å². The zero-order valence-electron chi connectivity index (χ0n) is 14.7. The van der Waals surface area contributed by atoms with Gasteiger partial charge in [-0.3, -0.25) is 4.79 Å². The molecule has 0 aliphatic heterocycles. The molecule has 0 radical (unpaired) electrons. The number of aromatic nitrogens is 1. The van der Waals surface area contributed by atoms with Gasteiger partial charge in [-0.1, -0.05) is 6.08 Å². The average molecular weight is 415 g/mol. The van der Waals surface area contributed by atoms with Gasteiger partial charge in [0.05, 0.1) is 15.9 Å². The van der Waals surface area contributed by atoms with Crippen LogP contribution < -0.4 is 27.2 Å². The van der Waals surface area contributed by atoms with Gasteiger partial charge >= 0.3 is 0 Å². The molecule has 2 aromatic rings. The normalized spacial score (nSPS) is 11.4. The number of ether oxygens (including phenoxy) is 1. The number of carbonyl (C=O) groups excluding carboxylic acids is 1. The first-order chi connectivity index (χ1) is 12.6. The molecule has 1 aromatic heterocycles. The Hall–Kier alpha value is -2.67. The van der Waals surface area contributed by atoms with Gasteiger partial charge in [0.1, 0.15) is 18.9 Å². The Morgan fingerprint density at radius 1 is 1.41 bits per heavy atom. The minimum atomic E-state index is -3.85. The topological polar surface area (TPSA) is 181 Å². The quantitative estimate of drug-likeness (QED) is 0.277. The first-order valence-electron chi connectivity index (χ1n) is 7.45. The molecule has 0 fully saturated rings. The molecule has 0 atom stereocenters. The molecule has 1 heterocycles. The van der Waals surface area contributed by atoms with Crippen LogP contribution in [-0.4, -0.2) is 37.5 Å². The maximum Gasteiger partial charge on any atom is 0.265 e. The maximum absolute atomic E-state index is 11.3. The molecule has 0 bridgehead atoms. The molecule has 0 unspecified atom stereocenters. The van der Waals surface area contributed by atoms with Gasteiger partial charge in [-0.25, -0.2) is 24.4 Å². The number of allylic oxidation sites excluding steroid dienone is 1. The summed E-state index contributed by atoms with van der Waals surface area (Å²) in [6.45, 7) is 5.09. The van der Waals surface area contributed by atoms with Gasteiger partial charge in [0.2, 0.25) is 10.2 Å². The van der Waals surface area contributed by atoms with E-state index in [0.29, 0.717) is 16.0 Å². The van der Waals surface area contributed by atoms with Gasteiger partial charge in [0, 0.05) is 6.20 Å². The fourth-order valence-electron chi connectivity index (χ4n) is 1.74. The van der Waals surface area contributed by atoms with Crippen molar-refractivity contribution in [2.75, 3.05) is 13.2 Å². The van der Waals surface area contributed by atoms with Crippen LogP contribution in [0.5, 0.6) is 5.75 Å². The molecule has 0 aliphatic carbocycles. The zero-order chi connectivity index (χ0) is 20.6. The van der Waals surface area contributed by atoms with E-state index in [4.69, 9.17) is 27.2 Å². The summed E-state index contributed by atoms with van der Waals surface area (Å²) in [5, 5.41) is 6.10. The molecular weight excluding hydrogens is 392 g/mol. The lowest BCUT2D eigenvalue weighted by Gasteiger charge is -2.13. The van der Waals surface area contributed by atoms with Crippen molar-refractivity contribution in [2.24, 2.45) is 22.4 Å². The summed E-state index contributed by atoms with van der Waals surface area (Å²) in [4.78, 5) is 14.6. The Morgan fingerprint density at radius 3 is 2.59 bits per heavy atom. The highest BCUT2D eigenvalue weighted by molar-refractivity contribution is 7.91. The molecular formula is C15H22N6O4S2. The number of thiazole rings is 1. The molecule has 1 amide bonds. The van der Waals surface area contributed by atoms with Crippen molar-refractivity contribution in [1.29, 1.82) is 0 Å². The smallest absolute Gasteiger partial charge is 0.265 e. The van der Waals surface area contributed by atoms with Crippen molar-refractivity contribution in [1.82, 2.24) is 9.99 Å². The third kappa shape index (κ3) is 7.62. The van der Waals surface area contributed by atoms with E-state index in [1.165, 1.54) is 6.20 Å². The molecule has 0 saturated heterocycles. The van der Waals surface area contributed by atoms with E-state index in [9.17, 15) is 13.2 Å². The third-order valence-corrected chi connectivity index (χ3v) is 5.00. The van der Waals surface area contributed by atoms with Crippen LogP contribution in [0, 0.1) is 0 Å². The van der Waals surface area contributed by atoms with Gasteiger partial charge in [0.25, 0.3) is 10.0 Å². The van der Waals surface area contributed by atoms with E-state index >= 15 is 0 Å². The summed E-state index contributed by atoms with van der Waals surface area (Å²) in [5.41, 5.74) is 11.5. The number of hydrogen-bond donors (Lipinski definition) is 4. The maximum atomic E-state index is 11.3. The van der Waals surface area contributed by atoms with Crippen molar-refractivity contribution < 1.29 is 17.9 Å². The monoisotopic (exact) mass is 414 g/mol. The number of fused-ring (bicyclic) bond motifs is 1. The number of sulfonamides is 1. The van der Waals surface area contributed by atoms with Crippen molar-refractivity contribution in [3.63, 3.8) is 0 Å². The molecule has 1 aromatic carbocycles. The Kier molecular flexibility index (Phi) is 8.18. The highest BCUT2D eigenvalue weighted by atomic mass is 32.2. The fourth-order valence-corrected chi connectivity index (χ4v) is 3.42. The molecule has 8 N–H and O–H groups in total. The number of primary sulfonamides is 1. The average Bonchev–Trinajstić information content (AvgIpc) is 2.96. The largest absolute Gasteiger partial charge is 0.487 e. The predicted molar refractivity (Wildman–Crippen MR) is 105 cm³/mol. The second-order valence-corrected chi connectivity index (χ2v) is 7.96. The summed E-state index contributed by atoms with van der Waals surface area (Å²) in [6, 6.07) is 4.85. The number of benzene rings is 1. The van der Waals surface area contributed by atoms with Crippen LogP contribution in [0.2, 0.25) is 0 Å². The lowest BCUT2D eigenvalue weighted by atomic mass is 10.3. The number of hydrazine groups is 1. The van der Waals surface area contributed by atoms with Crippen molar-refractivity contribution in [2.45, 2.75) is 11.3 Å². The number of nitrogens with zero attached hydrogens (tertiary/aromatic N) is 2. The van der Waals surface area contributed by atoms with Crippen LogP contribution in [-0.2, 0) is 14.8 Å². The summed E-state index contributed by atoms with van der Waals surface area (Å²) >= 11 is 0.941. The van der Waals surface area contributed by atoms with Gasteiger partial charge in [-0.2, -0.15) is 0 Å². The lowest BCUT2D eigenvalue weighted by Crippen LogP contribution is -2.35. The second-order valence-electron chi connectivity index (χ2n) is 5.19. The molecule has 10 nitrogen and oxygen atoms in total. The molecule has 2 rings (SSSR count). The molecule has 148 valence electrons. The molecule has 0 saturated carbocycles. The standard InChI is InChI=1S/C12H16N6O4S2.C3H6/c13-7(4-18(15)5-11(14)19)6-22-8-1-2-9-10(3-8)23-12(17-9)24(16,20)21;1-3-2/h1-4H,5-6,13,15H2,(H2,14,19)(H2,16,20,21);3H,1H2,2H3/b7-4-;. The first kappa shape index (κ1) is 22.4. The Balaban J connectivity index is 0.00000114. The van der Waals surface area contributed by atoms with Crippen molar-refractivity contribution in [3.05, 3.63) is 42.8 Å². The highest BCUT2D eigenvalue weighted by Crippen LogP contribution is 2.28. The van der Waals surface area contributed by atoms with Gasteiger partial charge < -0.3 is 21.2 Å². The number of nitrogens with two attached hydrogens (primary N) is 4. The van der Waals surface area contributed by atoms with Crippen molar-refractivity contribution in [3.8, 4) is 5.75 Å². The van der Waals surface area contributed by atoms with Crippen LogP contribution in [0.1, 0.15) is 6.92 Å². The van der Waals surface area contributed by atoms with Crippen LogP contribution in [0.15, 0.2) is 47.1 Å². The zero-order valence-corrected chi connectivity index (χ0v) is 16.3. The minimum absolute atomic E-state index is 0.0127. The fraction of sp³-hybridized carbons (Fsp3) is 0.200. The first-order valence-corrected chi connectivity index (χ1v) is 9.82. The Morgan fingerprint density at radius 2 is 2.04 bits per heavy atom. The third-order valence-electron chi connectivity index (χ3n) is 2.66. The number of rotatable bonds is 7. The van der Waals surface area contributed by atoms with Crippen LogP contribution >= 0.6 is 11.3 Å². The van der Waals surface area contributed by atoms with Crippen LogP contribution in [0.3, 0.4) is 0 Å². The summed E-state index contributed by atoms with van der Waals surface area (Å²) in [5.74, 6) is 5.37. The number of primary amides is 1. The molecule has 12 heteroatoms. The summed E-state index contributed by atoms with van der Waals surface area (Å²) < 4.78 is 28.5. The van der Waals surface area contributed by atoms with Gasteiger partial charge in [-0.15, -0.1) is 17.9 Å². The molecule has 0 spiro atoms. The second kappa shape index (κ2) is 9.87. The molecule has 0 aliphatic rings. The number of hydrogen-bond acceptors (Lipinski definition) is 9. The van der Waals surface area contributed by atoms with E-state index in [2.05, 4.69) is 11.6 Å².